The number of hydrogen-bond acceptors (Lipinski definition) is 6. The molecule has 114 valence electrons. The molecule has 1 aliphatic heterocycles. The Labute approximate surface area is 126 Å². The Morgan fingerprint density at radius 3 is 2.82 bits per heavy atom. The summed E-state index contributed by atoms with van der Waals surface area (Å²) in [5.41, 5.74) is 0.756. The van der Waals surface area contributed by atoms with Crippen molar-refractivity contribution in [1.82, 2.24) is 4.98 Å². The summed E-state index contributed by atoms with van der Waals surface area (Å²) in [4.78, 5) is 29.9. The third-order valence-electron chi connectivity index (χ3n) is 3.32. The maximum absolute atomic E-state index is 12.6. The second kappa shape index (κ2) is 5.51. The number of aromatic nitrogens is 1. The fourth-order valence-electron chi connectivity index (χ4n) is 2.28. The van der Waals surface area contributed by atoms with E-state index in [0.717, 1.165) is 0 Å². The highest BCUT2D eigenvalue weighted by molar-refractivity contribution is 6.06. The number of fused-ring (bicyclic) bond motifs is 1. The van der Waals surface area contributed by atoms with Crippen LogP contribution < -0.4 is 9.64 Å². The van der Waals surface area contributed by atoms with E-state index < -0.39 is 12.1 Å². The summed E-state index contributed by atoms with van der Waals surface area (Å²) in [5.74, 6) is -0.0581. The van der Waals surface area contributed by atoms with Crippen molar-refractivity contribution in [2.75, 3.05) is 18.6 Å². The molecule has 0 spiro atoms. The highest BCUT2D eigenvalue weighted by Crippen LogP contribution is 2.34. The molecule has 0 saturated heterocycles. The van der Waals surface area contributed by atoms with E-state index in [9.17, 15) is 9.59 Å². The Kier molecular flexibility index (Phi) is 3.54. The summed E-state index contributed by atoms with van der Waals surface area (Å²) in [7, 11) is 1.28. The largest absolute Gasteiger partial charge is 0.475 e. The minimum atomic E-state index is -0.878. The fourth-order valence-corrected chi connectivity index (χ4v) is 2.28. The number of hydrogen-bond donors (Lipinski definition) is 0. The molecule has 7 nitrogen and oxygen atoms in total. The van der Waals surface area contributed by atoms with Gasteiger partial charge >= 0.3 is 5.97 Å². The molecule has 2 aromatic rings. The van der Waals surface area contributed by atoms with Crippen molar-refractivity contribution in [3.05, 3.63) is 42.1 Å². The lowest BCUT2D eigenvalue weighted by Gasteiger charge is -2.33. The predicted octanol–water partition coefficient (Wildman–Crippen LogP) is 1.56. The molecular formula is C15H14N2O5. The van der Waals surface area contributed by atoms with Crippen LogP contribution >= 0.6 is 0 Å². The fraction of sp³-hybridized carbons (Fsp3) is 0.267. The number of rotatable bonds is 2. The molecule has 7 heteroatoms. The second-order valence-corrected chi connectivity index (χ2v) is 4.76. The molecular weight excluding hydrogens is 288 g/mol. The number of amides is 1. The van der Waals surface area contributed by atoms with Crippen molar-refractivity contribution in [3.8, 4) is 5.75 Å². The Hall–Kier alpha value is -2.83. The van der Waals surface area contributed by atoms with Gasteiger partial charge in [0.1, 0.15) is 12.0 Å². The number of carbonyl (C=O) groups excluding carboxylic acids is 2. The van der Waals surface area contributed by atoms with Gasteiger partial charge in [0.05, 0.1) is 19.3 Å². The summed E-state index contributed by atoms with van der Waals surface area (Å²) in [6, 6.07) is 6.99. The number of nitrogens with zero attached hydrogens (tertiary/aromatic N) is 2. The molecule has 22 heavy (non-hydrogen) atoms. The Balaban J connectivity index is 1.98. The zero-order valence-electron chi connectivity index (χ0n) is 12.1. The van der Waals surface area contributed by atoms with Crippen LogP contribution in [0.4, 0.5) is 5.69 Å². The number of oxazole rings is 1. The van der Waals surface area contributed by atoms with Gasteiger partial charge in [-0.1, -0.05) is 12.1 Å². The Morgan fingerprint density at radius 2 is 2.14 bits per heavy atom. The Bertz CT molecular complexity index is 724. The van der Waals surface area contributed by atoms with E-state index in [4.69, 9.17) is 13.9 Å². The third-order valence-corrected chi connectivity index (χ3v) is 3.32. The van der Waals surface area contributed by atoms with Gasteiger partial charge in [0.15, 0.2) is 11.6 Å². The maximum Gasteiger partial charge on any atom is 0.348 e. The van der Waals surface area contributed by atoms with Crippen LogP contribution in [0.25, 0.3) is 0 Å². The standard InChI is InChI=1S/C15H14N2O5/c1-9-16-10(8-21-9)14(18)17-7-13(15(19)20-2)22-12-6-4-3-5-11(12)17/h3-6,8,13H,7H2,1-2H3. The van der Waals surface area contributed by atoms with Crippen LogP contribution in [0.1, 0.15) is 16.4 Å². The first-order valence-corrected chi connectivity index (χ1v) is 6.67. The molecule has 1 unspecified atom stereocenters. The molecule has 0 radical (unpaired) electrons. The first-order chi connectivity index (χ1) is 10.6. The van der Waals surface area contributed by atoms with Crippen molar-refractivity contribution in [1.29, 1.82) is 0 Å². The first-order valence-electron chi connectivity index (χ1n) is 6.67. The molecule has 1 atom stereocenters. The molecule has 1 aliphatic rings. The number of benzene rings is 1. The lowest BCUT2D eigenvalue weighted by atomic mass is 10.1. The van der Waals surface area contributed by atoms with Gasteiger partial charge in [-0.15, -0.1) is 0 Å². The SMILES string of the molecule is COC(=O)C1CN(C(=O)c2coc(C)n2)c2ccccc2O1. The van der Waals surface area contributed by atoms with Crippen molar-refractivity contribution < 1.29 is 23.5 Å². The van der Waals surface area contributed by atoms with E-state index in [1.165, 1.54) is 18.3 Å². The molecule has 0 N–H and O–H groups in total. The number of carbonyl (C=O) groups is 2. The summed E-state index contributed by atoms with van der Waals surface area (Å²) in [6.07, 6.45) is 0.417. The topological polar surface area (TPSA) is 81.9 Å². The number of ether oxygens (including phenoxy) is 2. The molecule has 0 fully saturated rings. The van der Waals surface area contributed by atoms with Gasteiger partial charge in [0.25, 0.3) is 5.91 Å². The average molecular weight is 302 g/mol. The zero-order chi connectivity index (χ0) is 15.7. The molecule has 2 heterocycles. The van der Waals surface area contributed by atoms with Gasteiger partial charge in [-0.2, -0.15) is 0 Å². The van der Waals surface area contributed by atoms with E-state index in [-0.39, 0.29) is 18.1 Å². The molecule has 1 amide bonds. The lowest BCUT2D eigenvalue weighted by Crippen LogP contribution is -2.47. The van der Waals surface area contributed by atoms with E-state index >= 15 is 0 Å². The van der Waals surface area contributed by atoms with Crippen molar-refractivity contribution in [2.24, 2.45) is 0 Å². The van der Waals surface area contributed by atoms with Crippen LogP contribution in [0.5, 0.6) is 5.75 Å². The summed E-state index contributed by atoms with van der Waals surface area (Å²) >= 11 is 0. The molecule has 0 bridgehead atoms. The molecule has 1 aromatic carbocycles. The number of aryl methyl sites for hydroxylation is 1. The van der Waals surface area contributed by atoms with Crippen LogP contribution in [0, 0.1) is 6.92 Å². The predicted molar refractivity (Wildman–Crippen MR) is 75.8 cm³/mol. The average Bonchev–Trinajstić information content (AvgIpc) is 2.98. The van der Waals surface area contributed by atoms with E-state index in [0.29, 0.717) is 17.3 Å². The van der Waals surface area contributed by atoms with E-state index in [2.05, 4.69) is 4.98 Å². The van der Waals surface area contributed by atoms with Crippen LogP contribution in [0.15, 0.2) is 34.9 Å². The van der Waals surface area contributed by atoms with Gasteiger partial charge in [0, 0.05) is 6.92 Å². The maximum atomic E-state index is 12.6. The van der Waals surface area contributed by atoms with Crippen LogP contribution in [0.3, 0.4) is 0 Å². The lowest BCUT2D eigenvalue weighted by molar-refractivity contribution is -0.148. The monoisotopic (exact) mass is 302 g/mol. The van der Waals surface area contributed by atoms with Gasteiger partial charge in [-0.3, -0.25) is 9.69 Å². The highest BCUT2D eigenvalue weighted by atomic mass is 16.6. The van der Waals surface area contributed by atoms with Crippen molar-refractivity contribution >= 4 is 17.6 Å². The first kappa shape index (κ1) is 14.1. The van der Waals surface area contributed by atoms with Crippen molar-refractivity contribution in [2.45, 2.75) is 13.0 Å². The van der Waals surface area contributed by atoms with Gasteiger partial charge < -0.3 is 13.9 Å². The Morgan fingerprint density at radius 1 is 1.36 bits per heavy atom. The zero-order valence-corrected chi connectivity index (χ0v) is 12.1. The summed E-state index contributed by atoms with van der Waals surface area (Å²) < 4.78 is 15.4. The van der Waals surface area contributed by atoms with Crippen LogP contribution in [-0.4, -0.2) is 36.6 Å². The summed E-state index contributed by atoms with van der Waals surface area (Å²) in [6.45, 7) is 1.70. The highest BCUT2D eigenvalue weighted by Gasteiger charge is 2.35. The minimum absolute atomic E-state index is 0.0500. The smallest absolute Gasteiger partial charge is 0.348 e. The normalized spacial score (nSPS) is 16.6. The van der Waals surface area contributed by atoms with Gasteiger partial charge in [-0.25, -0.2) is 9.78 Å². The third kappa shape index (κ3) is 2.41. The molecule has 3 rings (SSSR count). The van der Waals surface area contributed by atoms with Gasteiger partial charge in [-0.05, 0) is 12.1 Å². The molecule has 0 saturated carbocycles. The number of esters is 1. The quantitative estimate of drug-likeness (QED) is 0.783. The second-order valence-electron chi connectivity index (χ2n) is 4.76. The van der Waals surface area contributed by atoms with Crippen LogP contribution in [-0.2, 0) is 9.53 Å². The van der Waals surface area contributed by atoms with E-state index in [1.54, 1.807) is 31.2 Å². The van der Waals surface area contributed by atoms with E-state index in [1.807, 2.05) is 0 Å². The van der Waals surface area contributed by atoms with Crippen LogP contribution in [0.2, 0.25) is 0 Å². The molecule has 0 aliphatic carbocycles. The number of methoxy groups -OCH3 is 1. The number of anilines is 1. The number of para-hydroxylation sites is 2. The molecule has 1 aromatic heterocycles. The summed E-state index contributed by atoms with van der Waals surface area (Å²) in [5, 5.41) is 0. The van der Waals surface area contributed by atoms with Gasteiger partial charge in [0.2, 0.25) is 6.10 Å². The minimum Gasteiger partial charge on any atom is -0.475 e. The van der Waals surface area contributed by atoms with Crippen molar-refractivity contribution in [3.63, 3.8) is 0 Å².